The van der Waals surface area contributed by atoms with E-state index in [1.807, 2.05) is 4.90 Å². The van der Waals surface area contributed by atoms with Crippen molar-refractivity contribution in [3.63, 3.8) is 0 Å². The molecule has 2 heterocycles. The van der Waals surface area contributed by atoms with Gasteiger partial charge in [-0.25, -0.2) is 4.79 Å². The molecule has 0 aliphatic carbocycles. The molecule has 5 nitrogen and oxygen atoms in total. The van der Waals surface area contributed by atoms with Crippen LogP contribution < -0.4 is 5.32 Å². The zero-order valence-electron chi connectivity index (χ0n) is 16.9. The Hall–Kier alpha value is -2.63. The number of carbonyl (C=O) groups is 1. The topological polar surface area (TPSA) is 38.8 Å². The number of nitrogens with zero attached hydrogens (tertiary/aromatic N) is 3. The molecule has 5 heteroatoms. The summed E-state index contributed by atoms with van der Waals surface area (Å²) in [6.07, 6.45) is 1.79. The molecule has 1 unspecified atom stereocenters. The van der Waals surface area contributed by atoms with Gasteiger partial charge in [-0.15, -0.1) is 6.58 Å². The molecular weight excluding hydrogens is 360 g/mol. The van der Waals surface area contributed by atoms with Crippen LogP contribution >= 0.6 is 0 Å². The van der Waals surface area contributed by atoms with Crippen LogP contribution in [0.4, 0.5) is 4.79 Å². The number of nitrogens with one attached hydrogen (secondary N) is 1. The maximum Gasteiger partial charge on any atom is 0.318 e. The molecule has 1 atom stereocenters. The minimum Gasteiger partial charge on any atom is -0.332 e. The third-order valence-electron chi connectivity index (χ3n) is 5.89. The molecule has 4 rings (SSSR count). The Morgan fingerprint density at radius 3 is 2.10 bits per heavy atom. The van der Waals surface area contributed by atoms with Crippen LogP contribution in [0.1, 0.15) is 17.2 Å². The first-order chi connectivity index (χ1) is 14.2. The molecule has 29 heavy (non-hydrogen) atoms. The molecule has 0 bridgehead atoms. The molecule has 2 aromatic carbocycles. The Kier molecular flexibility index (Phi) is 6.27. The van der Waals surface area contributed by atoms with Crippen LogP contribution in [0.25, 0.3) is 0 Å². The van der Waals surface area contributed by atoms with Crippen LogP contribution in [0.15, 0.2) is 73.3 Å². The summed E-state index contributed by atoms with van der Waals surface area (Å²) in [5, 5.41) is 3.11. The normalized spacial score (nSPS) is 20.8. The first-order valence-corrected chi connectivity index (χ1v) is 10.5. The minimum absolute atomic E-state index is 0.0294. The lowest BCUT2D eigenvalue weighted by molar-refractivity contribution is 0.104. The number of piperazine rings is 1. The summed E-state index contributed by atoms with van der Waals surface area (Å²) in [4.78, 5) is 18.9. The number of benzene rings is 2. The van der Waals surface area contributed by atoms with Gasteiger partial charge >= 0.3 is 6.03 Å². The number of hydrogen-bond donors (Lipinski definition) is 1. The van der Waals surface area contributed by atoms with Crippen molar-refractivity contribution < 1.29 is 4.79 Å². The number of hydrogen-bond acceptors (Lipinski definition) is 3. The largest absolute Gasteiger partial charge is 0.332 e. The summed E-state index contributed by atoms with van der Waals surface area (Å²) in [7, 11) is 0. The van der Waals surface area contributed by atoms with Gasteiger partial charge in [0.15, 0.2) is 0 Å². The molecule has 0 saturated carbocycles. The van der Waals surface area contributed by atoms with E-state index < -0.39 is 0 Å². The molecule has 0 radical (unpaired) electrons. The van der Waals surface area contributed by atoms with E-state index in [4.69, 9.17) is 0 Å². The monoisotopic (exact) mass is 390 g/mol. The van der Waals surface area contributed by atoms with E-state index in [0.717, 1.165) is 39.3 Å². The van der Waals surface area contributed by atoms with E-state index in [1.165, 1.54) is 11.1 Å². The number of amides is 2. The predicted octanol–water partition coefficient (Wildman–Crippen LogP) is 2.97. The van der Waals surface area contributed by atoms with Gasteiger partial charge in [-0.05, 0) is 11.1 Å². The highest BCUT2D eigenvalue weighted by Crippen LogP contribution is 2.29. The SMILES string of the molecule is C=CCN1CC(CN2CCN(C(c3ccccc3)c3ccccc3)CC2)NC1=O. The molecule has 2 aliphatic heterocycles. The smallest absolute Gasteiger partial charge is 0.318 e. The van der Waals surface area contributed by atoms with E-state index >= 15 is 0 Å². The van der Waals surface area contributed by atoms with Crippen molar-refractivity contribution >= 4 is 6.03 Å². The lowest BCUT2D eigenvalue weighted by atomic mass is 9.96. The van der Waals surface area contributed by atoms with Gasteiger partial charge in [-0.2, -0.15) is 0 Å². The second-order valence-electron chi connectivity index (χ2n) is 7.90. The highest BCUT2D eigenvalue weighted by Gasteiger charge is 2.31. The molecule has 2 fully saturated rings. The van der Waals surface area contributed by atoms with E-state index in [1.54, 1.807) is 6.08 Å². The third-order valence-corrected chi connectivity index (χ3v) is 5.89. The van der Waals surface area contributed by atoms with Crippen LogP contribution in [0.5, 0.6) is 0 Å². The Morgan fingerprint density at radius 1 is 0.966 bits per heavy atom. The lowest BCUT2D eigenvalue weighted by Gasteiger charge is -2.40. The Bertz CT molecular complexity index is 763. The van der Waals surface area contributed by atoms with Crippen molar-refractivity contribution in [1.82, 2.24) is 20.0 Å². The second kappa shape index (κ2) is 9.25. The van der Waals surface area contributed by atoms with Crippen LogP contribution in [0.3, 0.4) is 0 Å². The zero-order chi connectivity index (χ0) is 20.1. The first kappa shape index (κ1) is 19.7. The summed E-state index contributed by atoms with van der Waals surface area (Å²) < 4.78 is 0. The Morgan fingerprint density at radius 2 is 1.55 bits per heavy atom. The fraction of sp³-hybridized carbons (Fsp3) is 0.375. The molecule has 2 aliphatic rings. The van der Waals surface area contributed by atoms with Crippen LogP contribution in [-0.4, -0.2) is 72.6 Å². The molecule has 152 valence electrons. The second-order valence-corrected chi connectivity index (χ2v) is 7.90. The standard InChI is InChI=1S/C24H30N4O/c1-2-13-28-19-22(25-24(28)29)18-26-14-16-27(17-15-26)23(20-9-5-3-6-10-20)21-11-7-4-8-12-21/h2-12,22-23H,1,13-19H2,(H,25,29). The van der Waals surface area contributed by atoms with E-state index in [-0.39, 0.29) is 18.1 Å². The highest BCUT2D eigenvalue weighted by atomic mass is 16.2. The average molecular weight is 391 g/mol. The number of rotatable bonds is 7. The highest BCUT2D eigenvalue weighted by molar-refractivity contribution is 5.77. The minimum atomic E-state index is 0.0294. The molecule has 1 N–H and O–H groups in total. The zero-order valence-corrected chi connectivity index (χ0v) is 16.9. The van der Waals surface area contributed by atoms with Crippen LogP contribution in [0.2, 0.25) is 0 Å². The van der Waals surface area contributed by atoms with E-state index in [0.29, 0.717) is 6.54 Å². The van der Waals surface area contributed by atoms with Crippen molar-refractivity contribution in [2.75, 3.05) is 45.8 Å². The van der Waals surface area contributed by atoms with Gasteiger partial charge in [0.05, 0.1) is 12.1 Å². The molecule has 2 aromatic rings. The maximum absolute atomic E-state index is 12.0. The van der Waals surface area contributed by atoms with Crippen molar-refractivity contribution in [2.24, 2.45) is 0 Å². The molecule has 0 spiro atoms. The summed E-state index contributed by atoms with van der Waals surface area (Å²) >= 11 is 0. The lowest BCUT2D eigenvalue weighted by Crippen LogP contribution is -2.51. The Balaban J connectivity index is 1.39. The van der Waals surface area contributed by atoms with E-state index in [2.05, 4.69) is 82.4 Å². The average Bonchev–Trinajstić information content (AvgIpc) is 3.10. The molecule has 2 amide bonds. The van der Waals surface area contributed by atoms with Gasteiger partial charge in [0.25, 0.3) is 0 Å². The fourth-order valence-corrected chi connectivity index (χ4v) is 4.48. The van der Waals surface area contributed by atoms with Crippen LogP contribution in [-0.2, 0) is 0 Å². The molecule has 0 aromatic heterocycles. The van der Waals surface area contributed by atoms with Crippen molar-refractivity contribution in [2.45, 2.75) is 12.1 Å². The summed E-state index contributed by atoms with van der Waals surface area (Å²) in [6, 6.07) is 22.1. The third kappa shape index (κ3) is 4.69. The van der Waals surface area contributed by atoms with Crippen molar-refractivity contribution in [1.29, 1.82) is 0 Å². The predicted molar refractivity (Wildman–Crippen MR) is 117 cm³/mol. The number of carbonyl (C=O) groups excluding carboxylic acids is 1. The number of urea groups is 1. The van der Waals surface area contributed by atoms with E-state index in [9.17, 15) is 4.79 Å². The van der Waals surface area contributed by atoms with Gasteiger partial charge in [0.2, 0.25) is 0 Å². The van der Waals surface area contributed by atoms with Gasteiger partial charge in [-0.1, -0.05) is 66.7 Å². The summed E-state index contributed by atoms with van der Waals surface area (Å²) in [5.41, 5.74) is 2.69. The van der Waals surface area contributed by atoms with Gasteiger partial charge in [0, 0.05) is 45.8 Å². The van der Waals surface area contributed by atoms with Crippen molar-refractivity contribution in [3.05, 3.63) is 84.4 Å². The quantitative estimate of drug-likeness (QED) is 0.739. The summed E-state index contributed by atoms with van der Waals surface area (Å²) in [5.74, 6) is 0. The molecular formula is C24H30N4O. The van der Waals surface area contributed by atoms with Crippen molar-refractivity contribution in [3.8, 4) is 0 Å². The maximum atomic E-state index is 12.0. The van der Waals surface area contributed by atoms with Gasteiger partial charge in [-0.3, -0.25) is 9.80 Å². The molecule has 2 saturated heterocycles. The fourth-order valence-electron chi connectivity index (χ4n) is 4.48. The summed E-state index contributed by atoms with van der Waals surface area (Å²) in [6.45, 7) is 10.1. The Labute approximate surface area is 173 Å². The van der Waals surface area contributed by atoms with Gasteiger partial charge in [0.1, 0.15) is 0 Å². The van der Waals surface area contributed by atoms with Crippen LogP contribution in [0, 0.1) is 0 Å². The van der Waals surface area contributed by atoms with Gasteiger partial charge < -0.3 is 10.2 Å². The first-order valence-electron chi connectivity index (χ1n) is 10.5.